The molecule has 0 saturated heterocycles. The van der Waals surface area contributed by atoms with E-state index in [2.05, 4.69) is 12.1 Å². The van der Waals surface area contributed by atoms with E-state index < -0.39 is 11.9 Å². The van der Waals surface area contributed by atoms with Crippen LogP contribution >= 0.6 is 11.8 Å². The Morgan fingerprint density at radius 1 is 1.37 bits per heavy atom. The van der Waals surface area contributed by atoms with E-state index in [1.54, 1.807) is 16.7 Å². The van der Waals surface area contributed by atoms with Crippen molar-refractivity contribution in [3.63, 3.8) is 0 Å². The predicted molar refractivity (Wildman–Crippen MR) is 73.2 cm³/mol. The molecule has 0 aromatic heterocycles. The number of carbonyl (C=O) groups is 2. The summed E-state index contributed by atoms with van der Waals surface area (Å²) in [5.41, 5.74) is 6.39. The number of nitrogens with zero attached hydrogens (tertiary/aromatic N) is 1. The van der Waals surface area contributed by atoms with Crippen LogP contribution < -0.4 is 5.73 Å². The molecule has 19 heavy (non-hydrogen) atoms. The van der Waals surface area contributed by atoms with E-state index in [9.17, 15) is 9.59 Å². The van der Waals surface area contributed by atoms with Gasteiger partial charge in [0.2, 0.25) is 5.91 Å². The molecule has 0 aliphatic carbocycles. The van der Waals surface area contributed by atoms with Crippen LogP contribution in [0.4, 0.5) is 0 Å². The third-order valence-corrected chi connectivity index (χ3v) is 4.27. The molecule has 1 amide bonds. The average Bonchev–Trinajstić information content (AvgIpc) is 2.71. The van der Waals surface area contributed by atoms with Crippen molar-refractivity contribution < 1.29 is 14.7 Å². The summed E-state index contributed by atoms with van der Waals surface area (Å²) in [6.07, 6.45) is 0. The Morgan fingerprint density at radius 2 is 2.11 bits per heavy atom. The highest BCUT2D eigenvalue weighted by atomic mass is 32.2. The van der Waals surface area contributed by atoms with Crippen molar-refractivity contribution in [2.75, 3.05) is 25.4 Å². The number of rotatable bonds is 6. The van der Waals surface area contributed by atoms with Crippen LogP contribution in [-0.4, -0.2) is 47.3 Å². The Balaban J connectivity index is 2.05. The second-order valence-corrected chi connectivity index (χ2v) is 5.64. The van der Waals surface area contributed by atoms with Gasteiger partial charge in [-0.1, -0.05) is 18.2 Å². The number of carboxylic acid groups (broad SMARTS) is 1. The van der Waals surface area contributed by atoms with Crippen LogP contribution in [0, 0.1) is 0 Å². The molecule has 0 bridgehead atoms. The third-order valence-electron chi connectivity index (χ3n) is 3.02. The van der Waals surface area contributed by atoms with Gasteiger partial charge >= 0.3 is 5.97 Å². The van der Waals surface area contributed by atoms with Gasteiger partial charge in [-0.05, 0) is 11.6 Å². The lowest BCUT2D eigenvalue weighted by Crippen LogP contribution is -2.39. The smallest absolute Gasteiger partial charge is 0.317 e. The molecular formula is C13H16N2O3S. The van der Waals surface area contributed by atoms with Crippen LogP contribution in [0.3, 0.4) is 0 Å². The Hall–Kier alpha value is -1.53. The van der Waals surface area contributed by atoms with Gasteiger partial charge in [-0.15, -0.1) is 11.8 Å². The second-order valence-electron chi connectivity index (χ2n) is 4.58. The average molecular weight is 280 g/mol. The van der Waals surface area contributed by atoms with Crippen LogP contribution in [0.1, 0.15) is 11.5 Å². The maximum Gasteiger partial charge on any atom is 0.317 e. The zero-order chi connectivity index (χ0) is 13.8. The number of hydrogen-bond donors (Lipinski definition) is 2. The van der Waals surface area contributed by atoms with E-state index in [0.29, 0.717) is 6.54 Å². The van der Waals surface area contributed by atoms with Gasteiger partial charge < -0.3 is 10.8 Å². The standard InChI is InChI=1S/C13H16N2O3S/c14-12(16)6-15(7-13(17)18)5-9-8-19-11-4-2-1-3-10(9)11/h1-4,9H,5-8H2,(H2,14,16)(H,17,18). The molecule has 1 unspecified atom stereocenters. The molecule has 2 rings (SSSR count). The van der Waals surface area contributed by atoms with Gasteiger partial charge in [0, 0.05) is 23.1 Å². The summed E-state index contributed by atoms with van der Waals surface area (Å²) in [4.78, 5) is 24.6. The molecule has 1 aromatic carbocycles. The Kier molecular flexibility index (Phi) is 4.44. The molecular weight excluding hydrogens is 264 g/mol. The molecule has 5 nitrogen and oxygen atoms in total. The van der Waals surface area contributed by atoms with E-state index in [0.717, 1.165) is 5.75 Å². The fraction of sp³-hybridized carbons (Fsp3) is 0.385. The molecule has 0 spiro atoms. The van der Waals surface area contributed by atoms with Gasteiger partial charge in [-0.3, -0.25) is 14.5 Å². The first-order chi connectivity index (χ1) is 9.06. The maximum absolute atomic E-state index is 11.0. The fourth-order valence-electron chi connectivity index (χ4n) is 2.29. The van der Waals surface area contributed by atoms with E-state index in [4.69, 9.17) is 10.8 Å². The predicted octanol–water partition coefficient (Wildman–Crippen LogP) is 0.748. The molecule has 3 N–H and O–H groups in total. The summed E-state index contributed by atoms with van der Waals surface area (Å²) >= 11 is 1.77. The number of fused-ring (bicyclic) bond motifs is 1. The first-order valence-electron chi connectivity index (χ1n) is 6.00. The second kappa shape index (κ2) is 6.08. The highest BCUT2D eigenvalue weighted by Crippen LogP contribution is 2.39. The van der Waals surface area contributed by atoms with Crippen LogP contribution in [-0.2, 0) is 9.59 Å². The summed E-state index contributed by atoms with van der Waals surface area (Å²) in [6, 6.07) is 8.10. The van der Waals surface area contributed by atoms with Crippen molar-refractivity contribution in [1.82, 2.24) is 4.90 Å². The lowest BCUT2D eigenvalue weighted by Gasteiger charge is -2.22. The number of aliphatic carboxylic acids is 1. The number of carboxylic acids is 1. The SMILES string of the molecule is NC(=O)CN(CC(=O)O)CC1CSc2ccccc21. The molecule has 1 atom stereocenters. The van der Waals surface area contributed by atoms with E-state index >= 15 is 0 Å². The number of primary amides is 1. The van der Waals surface area contributed by atoms with E-state index in [1.807, 2.05) is 12.1 Å². The largest absolute Gasteiger partial charge is 0.480 e. The van der Waals surface area contributed by atoms with E-state index in [1.165, 1.54) is 10.5 Å². The van der Waals surface area contributed by atoms with Crippen LogP contribution in [0.2, 0.25) is 0 Å². The molecule has 0 fully saturated rings. The topological polar surface area (TPSA) is 83.6 Å². The summed E-state index contributed by atoms with van der Waals surface area (Å²) < 4.78 is 0. The van der Waals surface area contributed by atoms with Crippen molar-refractivity contribution in [3.8, 4) is 0 Å². The minimum Gasteiger partial charge on any atom is -0.480 e. The lowest BCUT2D eigenvalue weighted by atomic mass is 10.0. The number of hydrogen-bond acceptors (Lipinski definition) is 4. The molecule has 6 heteroatoms. The van der Waals surface area contributed by atoms with Gasteiger partial charge in [0.05, 0.1) is 13.1 Å². The number of benzene rings is 1. The van der Waals surface area contributed by atoms with Gasteiger partial charge in [-0.25, -0.2) is 0 Å². The summed E-state index contributed by atoms with van der Waals surface area (Å²) in [7, 11) is 0. The van der Waals surface area contributed by atoms with Crippen LogP contribution in [0.15, 0.2) is 29.2 Å². The first kappa shape index (κ1) is 13.9. The van der Waals surface area contributed by atoms with Crippen molar-refractivity contribution in [3.05, 3.63) is 29.8 Å². The lowest BCUT2D eigenvalue weighted by molar-refractivity contribution is -0.138. The first-order valence-corrected chi connectivity index (χ1v) is 6.99. The van der Waals surface area contributed by atoms with Crippen molar-refractivity contribution in [2.45, 2.75) is 10.8 Å². The van der Waals surface area contributed by atoms with E-state index in [-0.39, 0.29) is 19.0 Å². The van der Waals surface area contributed by atoms with Crippen molar-refractivity contribution in [1.29, 1.82) is 0 Å². The highest BCUT2D eigenvalue weighted by molar-refractivity contribution is 7.99. The van der Waals surface area contributed by atoms with Crippen molar-refractivity contribution in [2.24, 2.45) is 5.73 Å². The Morgan fingerprint density at radius 3 is 2.79 bits per heavy atom. The monoisotopic (exact) mass is 280 g/mol. The third kappa shape index (κ3) is 3.71. The number of nitrogens with two attached hydrogens (primary N) is 1. The molecule has 0 saturated carbocycles. The molecule has 102 valence electrons. The zero-order valence-electron chi connectivity index (χ0n) is 10.4. The van der Waals surface area contributed by atoms with Crippen LogP contribution in [0.5, 0.6) is 0 Å². The van der Waals surface area contributed by atoms with Crippen LogP contribution in [0.25, 0.3) is 0 Å². The highest BCUT2D eigenvalue weighted by Gasteiger charge is 2.26. The summed E-state index contributed by atoms with van der Waals surface area (Å²) in [5.74, 6) is -0.283. The van der Waals surface area contributed by atoms with Gasteiger partial charge in [0.25, 0.3) is 0 Å². The number of amides is 1. The van der Waals surface area contributed by atoms with Gasteiger partial charge in [-0.2, -0.15) is 0 Å². The zero-order valence-corrected chi connectivity index (χ0v) is 11.2. The normalized spacial score (nSPS) is 17.4. The number of carbonyl (C=O) groups excluding carboxylic acids is 1. The Bertz CT molecular complexity index is 477. The molecule has 1 aliphatic rings. The molecule has 1 aromatic rings. The molecule has 1 heterocycles. The summed E-state index contributed by atoms with van der Waals surface area (Å²) in [5, 5.41) is 8.87. The fourth-order valence-corrected chi connectivity index (χ4v) is 3.53. The quantitative estimate of drug-likeness (QED) is 0.803. The minimum absolute atomic E-state index is 0.0182. The van der Waals surface area contributed by atoms with Gasteiger partial charge in [0.1, 0.15) is 0 Å². The molecule has 1 aliphatic heterocycles. The number of thioether (sulfide) groups is 1. The molecule has 0 radical (unpaired) electrons. The van der Waals surface area contributed by atoms with Crippen molar-refractivity contribution >= 4 is 23.6 Å². The maximum atomic E-state index is 11.0. The summed E-state index contributed by atoms with van der Waals surface area (Å²) in [6.45, 7) is 0.362. The Labute approximate surface area is 115 Å². The van der Waals surface area contributed by atoms with Gasteiger partial charge in [0.15, 0.2) is 0 Å². The minimum atomic E-state index is -0.944.